The number of carbonyl (C=O) groups is 2. The van der Waals surface area contributed by atoms with Crippen LogP contribution >= 0.6 is 0 Å². The van der Waals surface area contributed by atoms with E-state index in [1.807, 2.05) is 0 Å². The molecule has 0 amide bonds. The molecule has 0 aliphatic heterocycles. The van der Waals surface area contributed by atoms with Crippen molar-refractivity contribution < 1.29 is 9.59 Å². The molecule has 2 aromatic carbocycles. The van der Waals surface area contributed by atoms with Crippen LogP contribution in [0.3, 0.4) is 0 Å². The second-order valence-electron chi connectivity index (χ2n) is 3.97. The van der Waals surface area contributed by atoms with Crippen molar-refractivity contribution in [2.45, 2.75) is 0 Å². The second-order valence-corrected chi connectivity index (χ2v) is 3.97. The minimum Gasteiger partial charge on any atom is -0.398 e. The van der Waals surface area contributed by atoms with Crippen molar-refractivity contribution in [1.82, 2.24) is 0 Å². The van der Waals surface area contributed by atoms with Crippen LogP contribution < -0.4 is 5.73 Å². The van der Waals surface area contributed by atoms with Gasteiger partial charge in [0.1, 0.15) is 0 Å². The van der Waals surface area contributed by atoms with Crippen LogP contribution in [0.4, 0.5) is 5.69 Å². The third-order valence-corrected chi connectivity index (χ3v) is 2.98. The first-order valence-electron chi connectivity index (χ1n) is 5.27. The molecule has 3 rings (SSSR count). The molecule has 1 aliphatic rings. The van der Waals surface area contributed by atoms with Gasteiger partial charge in [-0.3, -0.25) is 9.59 Å². The maximum Gasteiger partial charge on any atom is 0.196 e. The molecule has 2 radical (unpaired) electrons. The van der Waals surface area contributed by atoms with Gasteiger partial charge in [-0.15, -0.1) is 0 Å². The molecule has 2 N–H and O–H groups in total. The standard InChI is InChI=1S/C14H9NO2.2Na/c15-11-7-3-6-10-12(11)14(17)9-5-2-1-4-8(9)13(10)16;;/h1-7H,15H2;;. The molecule has 5 heteroatoms. The molecule has 0 unspecified atom stereocenters. The Labute approximate surface area is 155 Å². The number of hydrogen-bond acceptors (Lipinski definition) is 3. The molecule has 0 fully saturated rings. The van der Waals surface area contributed by atoms with Gasteiger partial charge in [0.2, 0.25) is 0 Å². The predicted molar refractivity (Wildman–Crippen MR) is 75.7 cm³/mol. The maximum atomic E-state index is 12.2. The summed E-state index contributed by atoms with van der Waals surface area (Å²) in [6.07, 6.45) is 0. The van der Waals surface area contributed by atoms with Crippen molar-refractivity contribution in [1.29, 1.82) is 0 Å². The smallest absolute Gasteiger partial charge is 0.196 e. The zero-order valence-electron chi connectivity index (χ0n) is 10.9. The van der Waals surface area contributed by atoms with E-state index < -0.39 is 0 Å². The predicted octanol–water partition coefficient (Wildman–Crippen LogP) is 1.28. The van der Waals surface area contributed by atoms with Crippen LogP contribution in [0.1, 0.15) is 31.8 Å². The van der Waals surface area contributed by atoms with Gasteiger partial charge in [0.25, 0.3) is 0 Å². The molecule has 19 heavy (non-hydrogen) atoms. The summed E-state index contributed by atoms with van der Waals surface area (Å²) in [5.41, 5.74) is 7.75. The first-order valence-corrected chi connectivity index (χ1v) is 5.27. The normalized spacial score (nSPS) is 11.8. The van der Waals surface area contributed by atoms with Crippen LogP contribution in [-0.4, -0.2) is 70.7 Å². The van der Waals surface area contributed by atoms with Crippen LogP contribution in [-0.2, 0) is 0 Å². The Balaban J connectivity index is 0.000000902. The average molecular weight is 269 g/mol. The number of rotatable bonds is 0. The number of benzene rings is 2. The van der Waals surface area contributed by atoms with Crippen molar-refractivity contribution in [3.8, 4) is 0 Å². The number of hydrogen-bond donors (Lipinski definition) is 1. The number of ketones is 2. The van der Waals surface area contributed by atoms with Gasteiger partial charge in [0.05, 0.1) is 5.56 Å². The molecule has 2 aromatic rings. The Bertz CT molecular complexity index is 668. The summed E-state index contributed by atoms with van der Waals surface area (Å²) in [4.78, 5) is 24.4. The number of nitrogens with two attached hydrogens (primary N) is 1. The van der Waals surface area contributed by atoms with Gasteiger partial charge in [-0.05, 0) is 6.07 Å². The van der Waals surface area contributed by atoms with Crippen LogP contribution in [0.2, 0.25) is 0 Å². The molecule has 0 saturated heterocycles. The van der Waals surface area contributed by atoms with Crippen molar-refractivity contribution in [3.05, 3.63) is 64.7 Å². The molecule has 1 aliphatic carbocycles. The Morgan fingerprint density at radius 3 is 1.84 bits per heavy atom. The summed E-state index contributed by atoms with van der Waals surface area (Å²) < 4.78 is 0. The first kappa shape index (κ1) is 16.6. The van der Waals surface area contributed by atoms with Gasteiger partial charge < -0.3 is 5.73 Å². The summed E-state index contributed by atoms with van der Waals surface area (Å²) in [6.45, 7) is 0. The zero-order valence-corrected chi connectivity index (χ0v) is 14.9. The molecule has 0 heterocycles. The van der Waals surface area contributed by atoms with E-state index in [-0.39, 0.29) is 70.7 Å². The molecule has 0 atom stereocenters. The number of nitrogen functional groups attached to an aromatic ring is 1. The first-order chi connectivity index (χ1) is 8.20. The largest absolute Gasteiger partial charge is 0.398 e. The molecule has 0 aromatic heterocycles. The Hall–Kier alpha value is -0.420. The average Bonchev–Trinajstić information content (AvgIpc) is 2.36. The van der Waals surface area contributed by atoms with Crippen LogP contribution in [0.5, 0.6) is 0 Å². The van der Waals surface area contributed by atoms with Crippen molar-refractivity contribution in [2.75, 3.05) is 5.73 Å². The monoisotopic (exact) mass is 269 g/mol. The fraction of sp³-hybridized carbons (Fsp3) is 0. The molecule has 0 spiro atoms. The Morgan fingerprint density at radius 2 is 1.21 bits per heavy atom. The SMILES string of the molecule is Nc1cccc2c1C(=O)c1ccccc1C2=O.[Na].[Na]. The summed E-state index contributed by atoms with van der Waals surface area (Å²) in [5, 5.41) is 0. The molecular formula is C14H9NNa2O2. The zero-order chi connectivity index (χ0) is 12.0. The van der Waals surface area contributed by atoms with Crippen molar-refractivity contribution >= 4 is 76.4 Å². The molecule has 3 nitrogen and oxygen atoms in total. The summed E-state index contributed by atoms with van der Waals surface area (Å²) in [5.74, 6) is -0.309. The van der Waals surface area contributed by atoms with E-state index in [0.717, 1.165) is 0 Å². The van der Waals surface area contributed by atoms with E-state index in [4.69, 9.17) is 5.73 Å². The number of carbonyl (C=O) groups excluding carboxylic acids is 2. The van der Waals surface area contributed by atoms with E-state index >= 15 is 0 Å². The minimum absolute atomic E-state index is 0. The summed E-state index contributed by atoms with van der Waals surface area (Å²) >= 11 is 0. The third kappa shape index (κ3) is 2.59. The fourth-order valence-corrected chi connectivity index (χ4v) is 2.17. The fourth-order valence-electron chi connectivity index (χ4n) is 2.17. The molecular weight excluding hydrogens is 260 g/mol. The minimum atomic E-state index is -0.173. The topological polar surface area (TPSA) is 60.2 Å². The summed E-state index contributed by atoms with van der Waals surface area (Å²) in [6, 6.07) is 11.8. The molecule has 0 bridgehead atoms. The van der Waals surface area contributed by atoms with Gasteiger partial charge >= 0.3 is 0 Å². The van der Waals surface area contributed by atoms with Crippen LogP contribution in [0.15, 0.2) is 42.5 Å². The van der Waals surface area contributed by atoms with Gasteiger partial charge in [-0.25, -0.2) is 0 Å². The van der Waals surface area contributed by atoms with Gasteiger partial charge in [0.15, 0.2) is 11.6 Å². The van der Waals surface area contributed by atoms with E-state index in [9.17, 15) is 9.59 Å². The van der Waals surface area contributed by atoms with Gasteiger partial charge in [0, 0.05) is 81.5 Å². The number of anilines is 1. The van der Waals surface area contributed by atoms with Crippen molar-refractivity contribution in [2.24, 2.45) is 0 Å². The number of fused-ring (bicyclic) bond motifs is 2. The second kappa shape index (κ2) is 6.35. The van der Waals surface area contributed by atoms with Gasteiger partial charge in [-0.1, -0.05) is 36.4 Å². The molecule has 0 saturated carbocycles. The van der Waals surface area contributed by atoms with Crippen LogP contribution in [0.25, 0.3) is 0 Å². The Kier molecular flexibility index (Phi) is 5.56. The van der Waals surface area contributed by atoms with Crippen LogP contribution in [0, 0.1) is 0 Å². The summed E-state index contributed by atoms with van der Waals surface area (Å²) in [7, 11) is 0. The maximum absolute atomic E-state index is 12.2. The quantitative estimate of drug-likeness (QED) is 0.494. The Morgan fingerprint density at radius 1 is 0.684 bits per heavy atom. The third-order valence-electron chi connectivity index (χ3n) is 2.98. The molecule has 84 valence electrons. The van der Waals surface area contributed by atoms with Crippen molar-refractivity contribution in [3.63, 3.8) is 0 Å². The van der Waals surface area contributed by atoms with E-state index in [1.165, 1.54) is 0 Å². The van der Waals surface area contributed by atoms with E-state index in [0.29, 0.717) is 27.9 Å². The van der Waals surface area contributed by atoms with E-state index in [1.54, 1.807) is 42.5 Å². The van der Waals surface area contributed by atoms with E-state index in [2.05, 4.69) is 0 Å². The van der Waals surface area contributed by atoms with Gasteiger partial charge in [-0.2, -0.15) is 0 Å².